The zero-order valence-electron chi connectivity index (χ0n) is 35.7. The van der Waals surface area contributed by atoms with Crippen molar-refractivity contribution < 1.29 is 4.74 Å². The minimum Gasteiger partial charge on any atom is -0.457 e. The summed E-state index contributed by atoms with van der Waals surface area (Å²) in [4.78, 5) is 14.7. The van der Waals surface area contributed by atoms with E-state index in [0.29, 0.717) is 6.67 Å². The number of benzene rings is 5. The zero-order chi connectivity index (χ0) is 41.3. The van der Waals surface area contributed by atoms with E-state index in [4.69, 9.17) is 14.7 Å². The molecule has 5 aromatic carbocycles. The highest BCUT2D eigenvalue weighted by Gasteiger charge is 2.36. The number of nitrogens with zero attached hydrogens (tertiary/aromatic N) is 5. The van der Waals surface area contributed by atoms with Gasteiger partial charge in [0.25, 0.3) is 0 Å². The van der Waals surface area contributed by atoms with Crippen LogP contribution in [0.3, 0.4) is 0 Å². The lowest BCUT2D eigenvalue weighted by Gasteiger charge is -2.35. The predicted molar refractivity (Wildman–Crippen MR) is 246 cm³/mol. The van der Waals surface area contributed by atoms with E-state index in [0.717, 1.165) is 50.9 Å². The fraction of sp³-hybridized carbons (Fsp3) is 0.245. The van der Waals surface area contributed by atoms with E-state index in [1.807, 2.05) is 24.5 Å². The van der Waals surface area contributed by atoms with Gasteiger partial charge in [-0.2, -0.15) is 0 Å². The van der Waals surface area contributed by atoms with E-state index in [1.54, 1.807) is 0 Å². The van der Waals surface area contributed by atoms with Gasteiger partial charge in [0.15, 0.2) is 5.82 Å². The Morgan fingerprint density at radius 1 is 0.508 bits per heavy atom. The molecule has 3 aromatic heterocycles. The topological polar surface area (TPSA) is 46.4 Å². The summed E-state index contributed by atoms with van der Waals surface area (Å²) in [5.41, 5.74) is 11.5. The molecule has 0 fully saturated rings. The van der Waals surface area contributed by atoms with Gasteiger partial charge in [-0.25, -0.2) is 9.97 Å². The third-order valence-electron chi connectivity index (χ3n) is 11.5. The first-order valence-corrected chi connectivity index (χ1v) is 20.7. The van der Waals surface area contributed by atoms with Crippen LogP contribution >= 0.6 is 0 Å². The number of para-hydroxylation sites is 1. The Labute approximate surface area is 348 Å². The lowest BCUT2D eigenvalue weighted by molar-refractivity contribution is 0.483. The molecule has 0 atom stereocenters. The Kier molecular flexibility index (Phi) is 9.15. The van der Waals surface area contributed by atoms with E-state index < -0.39 is 0 Å². The minimum atomic E-state index is -0.130. The van der Waals surface area contributed by atoms with Gasteiger partial charge < -0.3 is 14.5 Å². The van der Waals surface area contributed by atoms with Crippen LogP contribution in [0.2, 0.25) is 0 Å². The molecule has 9 rings (SSSR count). The van der Waals surface area contributed by atoms with Gasteiger partial charge in [-0.1, -0.05) is 117 Å². The molecule has 0 N–H and O–H groups in total. The summed E-state index contributed by atoms with van der Waals surface area (Å²) >= 11 is 0. The molecule has 4 heterocycles. The fourth-order valence-electron chi connectivity index (χ4n) is 8.47. The molecule has 0 spiro atoms. The largest absolute Gasteiger partial charge is 0.457 e. The molecule has 0 saturated heterocycles. The average Bonchev–Trinajstić information content (AvgIpc) is 3.76. The van der Waals surface area contributed by atoms with Gasteiger partial charge >= 0.3 is 0 Å². The Balaban J connectivity index is 1.10. The van der Waals surface area contributed by atoms with Gasteiger partial charge in [-0.3, -0.25) is 4.57 Å². The summed E-state index contributed by atoms with van der Waals surface area (Å²) in [6, 6.07) is 47.4. The molecule has 6 nitrogen and oxygen atoms in total. The second-order valence-corrected chi connectivity index (χ2v) is 18.9. The number of hydrogen-bond acceptors (Lipinski definition) is 5. The third kappa shape index (κ3) is 7.01. The maximum atomic E-state index is 6.74. The molecule has 0 unspecified atom stereocenters. The maximum Gasteiger partial charge on any atom is 0.158 e. The Morgan fingerprint density at radius 3 is 1.93 bits per heavy atom. The quantitative estimate of drug-likeness (QED) is 0.168. The molecule has 1 aliphatic heterocycles. The number of hydrogen-bond donors (Lipinski definition) is 0. The van der Waals surface area contributed by atoms with E-state index in [1.165, 1.54) is 38.9 Å². The van der Waals surface area contributed by atoms with Crippen LogP contribution in [0, 0.1) is 0 Å². The van der Waals surface area contributed by atoms with Gasteiger partial charge in [0, 0.05) is 41.0 Å². The molecular formula is C53H53N5O. The van der Waals surface area contributed by atoms with Crippen LogP contribution in [0.5, 0.6) is 11.5 Å². The first-order chi connectivity index (χ1) is 28.1. The highest BCUT2D eigenvalue weighted by atomic mass is 16.5. The lowest BCUT2D eigenvalue weighted by Crippen LogP contribution is -2.30. The first kappa shape index (κ1) is 38.1. The summed E-state index contributed by atoms with van der Waals surface area (Å²) in [7, 11) is 0. The highest BCUT2D eigenvalue weighted by Crippen LogP contribution is 2.50. The van der Waals surface area contributed by atoms with Gasteiger partial charge in [0.1, 0.15) is 24.0 Å². The number of aromatic nitrogens is 3. The molecule has 0 bridgehead atoms. The van der Waals surface area contributed by atoms with Crippen LogP contribution in [-0.2, 0) is 16.2 Å². The second-order valence-electron chi connectivity index (χ2n) is 18.9. The molecule has 6 heteroatoms. The molecule has 0 saturated carbocycles. The van der Waals surface area contributed by atoms with E-state index >= 15 is 0 Å². The number of anilines is 4. The second kappa shape index (κ2) is 14.2. The molecular weight excluding hydrogens is 723 g/mol. The van der Waals surface area contributed by atoms with Gasteiger partial charge in [0.05, 0.1) is 22.4 Å². The standard InChI is InChI=1S/C53H53N5O/c1-51(2,3)37-26-28-54-48(31-37)58-45-22-14-13-21-41(45)42-25-24-40(33-47(42)58)59-39-20-15-19-38(32-39)56-34-57(50-46(56)23-16-27-55-50)49-43(52(4,5)6)29-36(30-44(49)53(7,8)9)35-17-11-10-12-18-35/h10-33H,34H2,1-9H3. The van der Waals surface area contributed by atoms with Gasteiger partial charge in [-0.05, 0) is 111 Å². The molecule has 0 radical (unpaired) electrons. The van der Waals surface area contributed by atoms with E-state index in [2.05, 4.69) is 198 Å². The van der Waals surface area contributed by atoms with Crippen molar-refractivity contribution in [2.45, 2.75) is 78.6 Å². The van der Waals surface area contributed by atoms with Crippen LogP contribution < -0.4 is 14.5 Å². The minimum absolute atomic E-state index is 0.00452. The van der Waals surface area contributed by atoms with Crippen LogP contribution in [0.1, 0.15) is 79.0 Å². The van der Waals surface area contributed by atoms with Crippen molar-refractivity contribution in [2.75, 3.05) is 16.5 Å². The number of ether oxygens (including phenoxy) is 1. The number of pyridine rings is 2. The number of rotatable bonds is 6. The van der Waals surface area contributed by atoms with Crippen molar-refractivity contribution in [1.82, 2.24) is 14.5 Å². The molecule has 59 heavy (non-hydrogen) atoms. The van der Waals surface area contributed by atoms with Crippen molar-refractivity contribution in [3.8, 4) is 28.4 Å². The van der Waals surface area contributed by atoms with Crippen LogP contribution in [-0.4, -0.2) is 21.2 Å². The van der Waals surface area contributed by atoms with Crippen molar-refractivity contribution in [3.05, 3.63) is 163 Å². The fourth-order valence-corrected chi connectivity index (χ4v) is 8.47. The monoisotopic (exact) mass is 775 g/mol. The smallest absolute Gasteiger partial charge is 0.158 e. The van der Waals surface area contributed by atoms with Gasteiger partial charge in [-0.15, -0.1) is 0 Å². The third-order valence-corrected chi connectivity index (χ3v) is 11.5. The summed E-state index contributed by atoms with van der Waals surface area (Å²) in [6.07, 6.45) is 3.83. The normalized spacial score (nSPS) is 13.4. The summed E-state index contributed by atoms with van der Waals surface area (Å²) in [6.45, 7) is 21.2. The lowest BCUT2D eigenvalue weighted by atomic mass is 9.76. The Morgan fingerprint density at radius 2 is 1.20 bits per heavy atom. The summed E-state index contributed by atoms with van der Waals surface area (Å²) < 4.78 is 9.00. The highest BCUT2D eigenvalue weighted by molar-refractivity contribution is 6.09. The average molecular weight is 776 g/mol. The molecule has 296 valence electrons. The van der Waals surface area contributed by atoms with Gasteiger partial charge in [0.2, 0.25) is 0 Å². The predicted octanol–water partition coefficient (Wildman–Crippen LogP) is 14.2. The van der Waals surface area contributed by atoms with E-state index in [9.17, 15) is 0 Å². The number of fused-ring (bicyclic) bond motifs is 4. The van der Waals surface area contributed by atoms with Crippen molar-refractivity contribution in [1.29, 1.82) is 0 Å². The summed E-state index contributed by atoms with van der Waals surface area (Å²) in [5.74, 6) is 3.37. The van der Waals surface area contributed by atoms with Crippen LogP contribution in [0.4, 0.5) is 22.9 Å². The summed E-state index contributed by atoms with van der Waals surface area (Å²) in [5, 5.41) is 2.34. The van der Waals surface area contributed by atoms with Crippen LogP contribution in [0.15, 0.2) is 146 Å². The molecule has 0 amide bonds. The Bertz CT molecular complexity index is 2820. The zero-order valence-corrected chi connectivity index (χ0v) is 35.7. The maximum absolute atomic E-state index is 6.74. The van der Waals surface area contributed by atoms with Crippen molar-refractivity contribution in [2.24, 2.45) is 0 Å². The molecule has 0 aliphatic carbocycles. The van der Waals surface area contributed by atoms with Crippen LogP contribution in [0.25, 0.3) is 38.8 Å². The first-order valence-electron chi connectivity index (χ1n) is 20.7. The van der Waals surface area contributed by atoms with Crippen molar-refractivity contribution in [3.63, 3.8) is 0 Å². The molecule has 8 aromatic rings. The van der Waals surface area contributed by atoms with Crippen molar-refractivity contribution >= 4 is 44.7 Å². The SMILES string of the molecule is CC(C)(C)c1ccnc(-n2c3ccccc3c3ccc(Oc4cccc(N5CN(c6c(C(C)(C)C)cc(-c7ccccc7)cc6C(C)(C)C)c6ncccc65)c4)cc32)c1. The molecule has 1 aliphatic rings. The Hall–Kier alpha value is -6.40. The van der Waals surface area contributed by atoms with E-state index in [-0.39, 0.29) is 16.2 Å².